The third-order valence-corrected chi connectivity index (χ3v) is 3.86. The molecule has 2 rings (SSSR count). The van der Waals surface area contributed by atoms with Gasteiger partial charge in [0, 0.05) is 5.02 Å². The number of halogens is 1. The van der Waals surface area contributed by atoms with Crippen molar-refractivity contribution in [2.24, 2.45) is 0 Å². The quantitative estimate of drug-likeness (QED) is 0.910. The van der Waals surface area contributed by atoms with E-state index in [1.165, 1.54) is 11.5 Å². The largest absolute Gasteiger partial charge is 0.305 e. The first-order chi connectivity index (χ1) is 8.72. The van der Waals surface area contributed by atoms with Gasteiger partial charge >= 0.3 is 0 Å². The van der Waals surface area contributed by atoms with Crippen molar-refractivity contribution >= 4 is 23.1 Å². The highest BCUT2D eigenvalue weighted by atomic mass is 35.5. The fraction of sp³-hybridized carbons (Fsp3) is 0.385. The van der Waals surface area contributed by atoms with Gasteiger partial charge < -0.3 is 5.32 Å². The predicted octanol–water partition coefficient (Wildman–Crippen LogP) is 3.59. The minimum absolute atomic E-state index is 0.128. The van der Waals surface area contributed by atoms with Crippen LogP contribution in [0.5, 0.6) is 0 Å². The third kappa shape index (κ3) is 3.07. The Morgan fingerprint density at radius 2 is 2.28 bits per heavy atom. The van der Waals surface area contributed by atoms with Gasteiger partial charge in [0.1, 0.15) is 0 Å². The molecule has 3 nitrogen and oxygen atoms in total. The lowest BCUT2D eigenvalue weighted by Gasteiger charge is -2.17. The van der Waals surface area contributed by atoms with Crippen LogP contribution in [0.2, 0.25) is 5.02 Å². The van der Waals surface area contributed by atoms with Crippen molar-refractivity contribution in [1.29, 1.82) is 0 Å². The molecular weight excluding hydrogens is 266 g/mol. The monoisotopic (exact) mass is 281 g/mol. The van der Waals surface area contributed by atoms with Crippen LogP contribution in [0.4, 0.5) is 0 Å². The van der Waals surface area contributed by atoms with Crippen LogP contribution in [0.25, 0.3) is 0 Å². The Balaban J connectivity index is 2.33. The Labute approximate surface area is 116 Å². The van der Waals surface area contributed by atoms with Crippen molar-refractivity contribution < 1.29 is 0 Å². The molecule has 0 aliphatic heterocycles. The van der Waals surface area contributed by atoms with Crippen LogP contribution >= 0.6 is 23.1 Å². The molecule has 1 aromatic heterocycles. The second-order valence-electron chi connectivity index (χ2n) is 4.16. The summed E-state index contributed by atoms with van der Waals surface area (Å²) in [5.41, 5.74) is 2.14. The SMILES string of the molecule is CCCNC(c1cccc(Cl)c1)c1snnc1C. The molecule has 0 aliphatic rings. The van der Waals surface area contributed by atoms with Gasteiger partial charge in [-0.05, 0) is 49.1 Å². The summed E-state index contributed by atoms with van der Waals surface area (Å²) in [6, 6.07) is 8.07. The third-order valence-electron chi connectivity index (χ3n) is 2.73. The Morgan fingerprint density at radius 1 is 1.44 bits per heavy atom. The highest BCUT2D eigenvalue weighted by Gasteiger charge is 2.18. The van der Waals surface area contributed by atoms with Gasteiger partial charge in [-0.1, -0.05) is 35.1 Å². The molecule has 96 valence electrons. The van der Waals surface area contributed by atoms with Crippen LogP contribution in [-0.4, -0.2) is 16.1 Å². The average molecular weight is 282 g/mol. The van der Waals surface area contributed by atoms with Crippen LogP contribution < -0.4 is 5.32 Å². The van der Waals surface area contributed by atoms with Gasteiger partial charge in [0.2, 0.25) is 0 Å². The van der Waals surface area contributed by atoms with Gasteiger partial charge in [0.05, 0.1) is 16.6 Å². The second kappa shape index (κ2) is 6.27. The van der Waals surface area contributed by atoms with Gasteiger partial charge in [-0.2, -0.15) is 0 Å². The number of rotatable bonds is 5. The fourth-order valence-corrected chi connectivity index (χ4v) is 2.79. The maximum atomic E-state index is 6.07. The molecule has 2 aromatic rings. The number of aromatic nitrogens is 2. The maximum absolute atomic E-state index is 6.07. The summed E-state index contributed by atoms with van der Waals surface area (Å²) < 4.78 is 4.02. The Morgan fingerprint density at radius 3 is 2.89 bits per heavy atom. The van der Waals surface area contributed by atoms with E-state index in [0.717, 1.165) is 34.1 Å². The van der Waals surface area contributed by atoms with Crippen LogP contribution in [-0.2, 0) is 0 Å². The summed E-state index contributed by atoms with van der Waals surface area (Å²) in [5.74, 6) is 0. The number of nitrogens with zero attached hydrogens (tertiary/aromatic N) is 2. The van der Waals surface area contributed by atoms with Crippen LogP contribution in [0.1, 0.15) is 35.5 Å². The molecule has 0 radical (unpaired) electrons. The predicted molar refractivity (Wildman–Crippen MR) is 76.2 cm³/mol. The molecule has 0 fully saturated rings. The molecule has 0 spiro atoms. The van der Waals surface area contributed by atoms with E-state index in [-0.39, 0.29) is 6.04 Å². The molecule has 1 aromatic carbocycles. The maximum Gasteiger partial charge on any atom is 0.0776 e. The lowest BCUT2D eigenvalue weighted by Crippen LogP contribution is -2.23. The summed E-state index contributed by atoms with van der Waals surface area (Å²) in [7, 11) is 0. The van der Waals surface area contributed by atoms with E-state index in [4.69, 9.17) is 11.6 Å². The highest BCUT2D eigenvalue weighted by molar-refractivity contribution is 7.05. The molecule has 1 N–H and O–H groups in total. The van der Waals surface area contributed by atoms with E-state index in [9.17, 15) is 0 Å². The number of aryl methyl sites for hydroxylation is 1. The van der Waals surface area contributed by atoms with Gasteiger partial charge in [0.15, 0.2) is 0 Å². The molecule has 0 saturated heterocycles. The van der Waals surface area contributed by atoms with Gasteiger partial charge in [0.25, 0.3) is 0 Å². The molecule has 1 unspecified atom stereocenters. The van der Waals surface area contributed by atoms with Crippen LogP contribution in [0.15, 0.2) is 24.3 Å². The molecular formula is C13H16ClN3S. The first-order valence-corrected chi connectivity index (χ1v) is 7.15. The van der Waals surface area contributed by atoms with Crippen molar-refractivity contribution in [2.45, 2.75) is 26.3 Å². The second-order valence-corrected chi connectivity index (χ2v) is 5.39. The van der Waals surface area contributed by atoms with E-state index >= 15 is 0 Å². The normalized spacial score (nSPS) is 12.6. The zero-order valence-corrected chi connectivity index (χ0v) is 12.1. The number of hydrogen-bond acceptors (Lipinski definition) is 4. The first-order valence-electron chi connectivity index (χ1n) is 6.00. The van der Waals surface area contributed by atoms with Crippen molar-refractivity contribution in [3.63, 3.8) is 0 Å². The zero-order chi connectivity index (χ0) is 13.0. The van der Waals surface area contributed by atoms with Gasteiger partial charge in [-0.15, -0.1) is 5.10 Å². The molecule has 18 heavy (non-hydrogen) atoms. The first kappa shape index (κ1) is 13.5. The van der Waals surface area contributed by atoms with Crippen molar-refractivity contribution in [2.75, 3.05) is 6.54 Å². The smallest absolute Gasteiger partial charge is 0.0776 e. The zero-order valence-electron chi connectivity index (χ0n) is 10.5. The molecule has 1 heterocycles. The number of benzene rings is 1. The molecule has 5 heteroatoms. The average Bonchev–Trinajstić information content (AvgIpc) is 2.77. The summed E-state index contributed by atoms with van der Waals surface area (Å²) in [5, 5.41) is 8.37. The summed E-state index contributed by atoms with van der Waals surface area (Å²) >= 11 is 7.51. The topological polar surface area (TPSA) is 37.8 Å². The van der Waals surface area contributed by atoms with Gasteiger partial charge in [-0.3, -0.25) is 0 Å². The number of hydrogen-bond donors (Lipinski definition) is 1. The van der Waals surface area contributed by atoms with E-state index in [2.05, 4.69) is 27.9 Å². The van der Waals surface area contributed by atoms with Crippen molar-refractivity contribution in [3.8, 4) is 0 Å². The Bertz CT molecular complexity index is 512. The van der Waals surface area contributed by atoms with E-state index in [1.54, 1.807) is 0 Å². The lowest BCUT2D eigenvalue weighted by atomic mass is 10.0. The van der Waals surface area contributed by atoms with E-state index in [1.807, 2.05) is 25.1 Å². The van der Waals surface area contributed by atoms with Gasteiger partial charge in [-0.25, -0.2) is 0 Å². The van der Waals surface area contributed by atoms with E-state index in [0.29, 0.717) is 0 Å². The van der Waals surface area contributed by atoms with Crippen molar-refractivity contribution in [1.82, 2.24) is 14.9 Å². The van der Waals surface area contributed by atoms with Crippen molar-refractivity contribution in [3.05, 3.63) is 45.4 Å². The summed E-state index contributed by atoms with van der Waals surface area (Å²) in [6.45, 7) is 5.10. The highest BCUT2D eigenvalue weighted by Crippen LogP contribution is 2.28. The Kier molecular flexibility index (Phi) is 4.69. The standard InChI is InChI=1S/C13H16ClN3S/c1-3-7-15-12(13-9(2)16-17-18-13)10-5-4-6-11(14)8-10/h4-6,8,12,15H,3,7H2,1-2H3. The fourth-order valence-electron chi connectivity index (χ4n) is 1.84. The van der Waals surface area contributed by atoms with E-state index < -0.39 is 0 Å². The molecule has 0 bridgehead atoms. The molecule has 1 atom stereocenters. The van der Waals surface area contributed by atoms with Crippen LogP contribution in [0, 0.1) is 6.92 Å². The lowest BCUT2D eigenvalue weighted by molar-refractivity contribution is 0.602. The van der Waals surface area contributed by atoms with Crippen LogP contribution in [0.3, 0.4) is 0 Å². The molecule has 0 saturated carbocycles. The molecule has 0 amide bonds. The molecule has 0 aliphatic carbocycles. The Hall–Kier alpha value is -0.970. The summed E-state index contributed by atoms with van der Waals surface area (Å²) in [6.07, 6.45) is 1.09. The summed E-state index contributed by atoms with van der Waals surface area (Å²) in [4.78, 5) is 1.16. The number of nitrogens with one attached hydrogen (secondary N) is 1. The minimum Gasteiger partial charge on any atom is -0.305 e. The minimum atomic E-state index is 0.128.